The molecule has 6 heteroatoms. The average molecular weight is 288 g/mol. The van der Waals surface area contributed by atoms with Gasteiger partial charge in [-0.2, -0.15) is 4.68 Å². The summed E-state index contributed by atoms with van der Waals surface area (Å²) in [7, 11) is 0. The Bertz CT molecular complexity index is 483. The Morgan fingerprint density at radius 2 is 2.27 bits per heavy atom. The van der Waals surface area contributed by atoms with Crippen LogP contribution in [-0.2, 0) is 5.88 Å². The van der Waals surface area contributed by atoms with Gasteiger partial charge in [0.15, 0.2) is 5.82 Å². The average Bonchev–Trinajstić information content (AvgIpc) is 2.70. The van der Waals surface area contributed by atoms with Gasteiger partial charge in [0.25, 0.3) is 0 Å². The summed E-state index contributed by atoms with van der Waals surface area (Å²) in [6, 6.07) is 5.89. The van der Waals surface area contributed by atoms with Gasteiger partial charge >= 0.3 is 0 Å². The van der Waals surface area contributed by atoms with Crippen molar-refractivity contribution in [3.8, 4) is 5.69 Å². The summed E-state index contributed by atoms with van der Waals surface area (Å²) >= 11 is 9.16. The number of hydrogen-bond acceptors (Lipinski definition) is 3. The summed E-state index contributed by atoms with van der Waals surface area (Å²) in [5.41, 5.74) is 2.04. The standard InChI is InChI=1S/C9H8BrClN4/c1-6-4-7(2-3-8(6)10)15-9(5-11)12-13-14-15/h2-4H,5H2,1H3. The van der Waals surface area contributed by atoms with E-state index >= 15 is 0 Å². The molecule has 0 bridgehead atoms. The van der Waals surface area contributed by atoms with Gasteiger partial charge < -0.3 is 0 Å². The number of aryl methyl sites for hydroxylation is 1. The molecule has 0 aliphatic carbocycles. The highest BCUT2D eigenvalue weighted by molar-refractivity contribution is 9.10. The minimum Gasteiger partial charge on any atom is -0.196 e. The quantitative estimate of drug-likeness (QED) is 0.797. The fourth-order valence-electron chi connectivity index (χ4n) is 1.25. The van der Waals surface area contributed by atoms with Crippen LogP contribution >= 0.6 is 27.5 Å². The molecule has 0 atom stereocenters. The lowest BCUT2D eigenvalue weighted by atomic mass is 10.2. The van der Waals surface area contributed by atoms with Crippen molar-refractivity contribution in [2.24, 2.45) is 0 Å². The predicted octanol–water partition coefficient (Wildman–Crippen LogP) is 2.47. The van der Waals surface area contributed by atoms with E-state index in [4.69, 9.17) is 11.6 Å². The second kappa shape index (κ2) is 4.28. The summed E-state index contributed by atoms with van der Waals surface area (Å²) in [6.45, 7) is 2.01. The van der Waals surface area contributed by atoms with Crippen LogP contribution in [0.2, 0.25) is 0 Å². The van der Waals surface area contributed by atoms with Crippen molar-refractivity contribution >= 4 is 27.5 Å². The molecular formula is C9H8BrClN4. The van der Waals surface area contributed by atoms with Crippen LogP contribution in [0.5, 0.6) is 0 Å². The number of nitrogens with zero attached hydrogens (tertiary/aromatic N) is 4. The van der Waals surface area contributed by atoms with E-state index in [1.807, 2.05) is 25.1 Å². The normalized spacial score (nSPS) is 10.6. The maximum atomic E-state index is 5.72. The summed E-state index contributed by atoms with van der Waals surface area (Å²) in [5.74, 6) is 0.931. The number of halogens is 2. The molecule has 2 aromatic rings. The van der Waals surface area contributed by atoms with Crippen molar-refractivity contribution in [1.82, 2.24) is 20.2 Å². The number of aromatic nitrogens is 4. The lowest BCUT2D eigenvalue weighted by Crippen LogP contribution is -2.01. The maximum absolute atomic E-state index is 5.72. The van der Waals surface area contributed by atoms with Gasteiger partial charge in [0.2, 0.25) is 0 Å². The van der Waals surface area contributed by atoms with Crippen LogP contribution in [0.25, 0.3) is 5.69 Å². The SMILES string of the molecule is Cc1cc(-n2nnnc2CCl)ccc1Br. The molecule has 0 amide bonds. The number of rotatable bonds is 2. The number of hydrogen-bond donors (Lipinski definition) is 0. The van der Waals surface area contributed by atoms with Gasteiger partial charge in [-0.25, -0.2) is 0 Å². The molecule has 1 aromatic heterocycles. The van der Waals surface area contributed by atoms with E-state index in [9.17, 15) is 0 Å². The third-order valence-electron chi connectivity index (χ3n) is 2.04. The van der Waals surface area contributed by atoms with Gasteiger partial charge in [0.1, 0.15) is 0 Å². The van der Waals surface area contributed by atoms with Gasteiger partial charge in [-0.15, -0.1) is 16.7 Å². The maximum Gasteiger partial charge on any atom is 0.171 e. The predicted molar refractivity (Wildman–Crippen MR) is 61.1 cm³/mol. The Balaban J connectivity index is 2.50. The van der Waals surface area contributed by atoms with Gasteiger partial charge in [0, 0.05) is 4.47 Å². The molecule has 2 rings (SSSR count). The zero-order valence-electron chi connectivity index (χ0n) is 7.98. The molecule has 15 heavy (non-hydrogen) atoms. The van der Waals surface area contributed by atoms with Gasteiger partial charge in [-0.3, -0.25) is 0 Å². The first-order valence-corrected chi connectivity index (χ1v) is 5.65. The van der Waals surface area contributed by atoms with Crippen molar-refractivity contribution in [3.63, 3.8) is 0 Å². The van der Waals surface area contributed by atoms with E-state index in [0.717, 1.165) is 15.7 Å². The smallest absolute Gasteiger partial charge is 0.171 e. The van der Waals surface area contributed by atoms with Crippen LogP contribution in [0.1, 0.15) is 11.4 Å². The summed E-state index contributed by atoms with van der Waals surface area (Å²) in [4.78, 5) is 0. The Morgan fingerprint density at radius 3 is 2.93 bits per heavy atom. The highest BCUT2D eigenvalue weighted by Gasteiger charge is 2.07. The van der Waals surface area contributed by atoms with E-state index in [1.54, 1.807) is 4.68 Å². The molecule has 0 spiro atoms. The van der Waals surface area contributed by atoms with Gasteiger partial charge in [-0.1, -0.05) is 15.9 Å². The first kappa shape index (κ1) is 10.6. The fourth-order valence-corrected chi connectivity index (χ4v) is 1.66. The third kappa shape index (κ3) is 2.03. The second-order valence-electron chi connectivity index (χ2n) is 3.07. The largest absolute Gasteiger partial charge is 0.196 e. The van der Waals surface area contributed by atoms with Crippen molar-refractivity contribution in [2.45, 2.75) is 12.8 Å². The monoisotopic (exact) mass is 286 g/mol. The van der Waals surface area contributed by atoms with Crippen LogP contribution in [0, 0.1) is 6.92 Å². The second-order valence-corrected chi connectivity index (χ2v) is 4.20. The summed E-state index contributed by atoms with van der Waals surface area (Å²) in [6.07, 6.45) is 0. The lowest BCUT2D eigenvalue weighted by Gasteiger charge is -2.04. The Labute approximate surface area is 100 Å². The van der Waals surface area contributed by atoms with E-state index < -0.39 is 0 Å². The van der Waals surface area contributed by atoms with Crippen LogP contribution in [0.4, 0.5) is 0 Å². The fraction of sp³-hybridized carbons (Fsp3) is 0.222. The molecule has 0 aliphatic rings. The summed E-state index contributed by atoms with van der Waals surface area (Å²) < 4.78 is 2.69. The number of benzene rings is 1. The molecule has 4 nitrogen and oxygen atoms in total. The molecule has 0 N–H and O–H groups in total. The van der Waals surface area contributed by atoms with E-state index in [-0.39, 0.29) is 0 Å². The first-order chi connectivity index (χ1) is 7.22. The van der Waals surface area contributed by atoms with Crippen molar-refractivity contribution in [3.05, 3.63) is 34.1 Å². The molecule has 0 saturated carbocycles. The Hall–Kier alpha value is -0.940. The highest BCUT2D eigenvalue weighted by atomic mass is 79.9. The molecule has 0 unspecified atom stereocenters. The molecule has 0 fully saturated rings. The summed E-state index contributed by atoms with van der Waals surface area (Å²) in [5, 5.41) is 11.3. The third-order valence-corrected chi connectivity index (χ3v) is 3.17. The van der Waals surface area contributed by atoms with Gasteiger partial charge in [-0.05, 0) is 41.1 Å². The molecule has 1 aromatic carbocycles. The van der Waals surface area contributed by atoms with Crippen LogP contribution in [0.15, 0.2) is 22.7 Å². The van der Waals surface area contributed by atoms with E-state index in [0.29, 0.717) is 11.7 Å². The van der Waals surface area contributed by atoms with Crippen molar-refractivity contribution in [1.29, 1.82) is 0 Å². The van der Waals surface area contributed by atoms with Crippen LogP contribution in [-0.4, -0.2) is 20.2 Å². The zero-order valence-corrected chi connectivity index (χ0v) is 10.3. The van der Waals surface area contributed by atoms with E-state index in [2.05, 4.69) is 31.5 Å². The highest BCUT2D eigenvalue weighted by Crippen LogP contribution is 2.19. The van der Waals surface area contributed by atoms with Crippen LogP contribution < -0.4 is 0 Å². The Kier molecular flexibility index (Phi) is 3.02. The molecular weight excluding hydrogens is 279 g/mol. The Morgan fingerprint density at radius 1 is 1.47 bits per heavy atom. The van der Waals surface area contributed by atoms with E-state index in [1.165, 1.54) is 0 Å². The van der Waals surface area contributed by atoms with Gasteiger partial charge in [0.05, 0.1) is 11.6 Å². The molecule has 0 saturated heterocycles. The first-order valence-electron chi connectivity index (χ1n) is 4.32. The zero-order chi connectivity index (χ0) is 10.8. The minimum atomic E-state index is 0.294. The molecule has 0 aliphatic heterocycles. The van der Waals surface area contributed by atoms with Crippen LogP contribution in [0.3, 0.4) is 0 Å². The number of alkyl halides is 1. The molecule has 78 valence electrons. The topological polar surface area (TPSA) is 43.6 Å². The molecule has 1 heterocycles. The number of tetrazole rings is 1. The minimum absolute atomic E-state index is 0.294. The van der Waals surface area contributed by atoms with Crippen molar-refractivity contribution < 1.29 is 0 Å². The molecule has 0 radical (unpaired) electrons. The van der Waals surface area contributed by atoms with Crippen molar-refractivity contribution in [2.75, 3.05) is 0 Å². The lowest BCUT2D eigenvalue weighted by molar-refractivity contribution is 0.776.